The van der Waals surface area contributed by atoms with Gasteiger partial charge < -0.3 is 4.74 Å². The highest BCUT2D eigenvalue weighted by Gasteiger charge is 2.40. The summed E-state index contributed by atoms with van der Waals surface area (Å²) in [6, 6.07) is 17.9. The van der Waals surface area contributed by atoms with E-state index in [1.54, 1.807) is 39.0 Å². The molecule has 29 heavy (non-hydrogen) atoms. The molecule has 150 valence electrons. The first-order valence-corrected chi connectivity index (χ1v) is 9.64. The molecule has 0 fully saturated rings. The van der Waals surface area contributed by atoms with E-state index >= 15 is 0 Å². The molecule has 0 aliphatic carbocycles. The van der Waals surface area contributed by atoms with E-state index in [0.29, 0.717) is 5.56 Å². The number of carbonyl (C=O) groups excluding carboxylic acids is 3. The van der Waals surface area contributed by atoms with Crippen molar-refractivity contribution in [1.82, 2.24) is 4.90 Å². The fourth-order valence-corrected chi connectivity index (χ4v) is 3.41. The largest absolute Gasteiger partial charge is 0.443 e. The van der Waals surface area contributed by atoms with Crippen molar-refractivity contribution in [3.05, 3.63) is 83.9 Å². The van der Waals surface area contributed by atoms with E-state index < -0.39 is 23.6 Å². The summed E-state index contributed by atoms with van der Waals surface area (Å²) >= 11 is 0. The van der Waals surface area contributed by atoms with Gasteiger partial charge in [-0.15, -0.1) is 0 Å². The van der Waals surface area contributed by atoms with Gasteiger partial charge in [0.05, 0.1) is 6.04 Å². The van der Waals surface area contributed by atoms with Gasteiger partial charge in [-0.3, -0.25) is 9.59 Å². The first-order valence-electron chi connectivity index (χ1n) is 9.64. The van der Waals surface area contributed by atoms with Crippen LogP contribution in [0.1, 0.15) is 49.0 Å². The molecule has 3 rings (SSSR count). The Kier molecular flexibility index (Phi) is 5.97. The average molecular weight is 391 g/mol. The zero-order valence-corrected chi connectivity index (χ0v) is 16.9. The maximum absolute atomic E-state index is 12.9. The number of amides is 2. The van der Waals surface area contributed by atoms with Crippen LogP contribution in [0.25, 0.3) is 0 Å². The summed E-state index contributed by atoms with van der Waals surface area (Å²) in [6.45, 7) is 5.25. The van der Waals surface area contributed by atoms with E-state index in [1.165, 1.54) is 6.08 Å². The summed E-state index contributed by atoms with van der Waals surface area (Å²) in [6.07, 6.45) is 2.51. The Bertz CT molecular complexity index is 913. The summed E-state index contributed by atoms with van der Waals surface area (Å²) in [5.41, 5.74) is 0.757. The van der Waals surface area contributed by atoms with Crippen LogP contribution in [0.3, 0.4) is 0 Å². The van der Waals surface area contributed by atoms with Crippen LogP contribution in [0.2, 0.25) is 0 Å². The van der Waals surface area contributed by atoms with Crippen LogP contribution >= 0.6 is 0 Å². The van der Waals surface area contributed by atoms with Crippen LogP contribution in [0.15, 0.2) is 72.8 Å². The number of benzene rings is 2. The van der Waals surface area contributed by atoms with Crippen molar-refractivity contribution in [2.45, 2.75) is 44.8 Å². The molecule has 0 radical (unpaired) electrons. The van der Waals surface area contributed by atoms with Gasteiger partial charge in [-0.25, -0.2) is 9.69 Å². The summed E-state index contributed by atoms with van der Waals surface area (Å²) in [7, 11) is 0. The Morgan fingerprint density at radius 2 is 1.59 bits per heavy atom. The number of carbonyl (C=O) groups is 3. The number of hydrogen-bond donors (Lipinski definition) is 0. The van der Waals surface area contributed by atoms with Crippen molar-refractivity contribution >= 4 is 17.8 Å². The first-order chi connectivity index (χ1) is 13.8. The van der Waals surface area contributed by atoms with Gasteiger partial charge in [-0.05, 0) is 26.3 Å². The maximum atomic E-state index is 12.9. The molecule has 0 N–H and O–H groups in total. The van der Waals surface area contributed by atoms with Crippen molar-refractivity contribution in [1.29, 1.82) is 0 Å². The Hall–Kier alpha value is -3.21. The highest BCUT2D eigenvalue weighted by Crippen LogP contribution is 2.33. The molecule has 1 heterocycles. The minimum absolute atomic E-state index is 0.0451. The molecule has 5 heteroatoms. The SMILES string of the molecule is CC(C)(C)OC(=O)N1C(=O)C=CC1C(CC(=O)c1ccccc1)c1ccccc1. The molecular formula is C24H25NO4. The predicted octanol–water partition coefficient (Wildman–Crippen LogP) is 4.75. The molecule has 2 aromatic rings. The highest BCUT2D eigenvalue weighted by atomic mass is 16.6. The topological polar surface area (TPSA) is 63.7 Å². The lowest BCUT2D eigenvalue weighted by Crippen LogP contribution is -2.45. The molecule has 0 aromatic heterocycles. The minimum Gasteiger partial charge on any atom is -0.443 e. The monoisotopic (exact) mass is 391 g/mol. The van der Waals surface area contributed by atoms with Gasteiger partial charge in [0.15, 0.2) is 5.78 Å². The summed E-state index contributed by atoms with van der Waals surface area (Å²) in [5.74, 6) is -0.854. The molecular weight excluding hydrogens is 366 g/mol. The second-order valence-corrected chi connectivity index (χ2v) is 8.05. The molecule has 2 amide bonds. The third-order valence-electron chi connectivity index (χ3n) is 4.70. The van der Waals surface area contributed by atoms with Gasteiger partial charge in [0.25, 0.3) is 5.91 Å². The number of ether oxygens (including phenoxy) is 1. The molecule has 0 saturated heterocycles. The van der Waals surface area contributed by atoms with E-state index in [2.05, 4.69) is 0 Å². The van der Waals surface area contributed by atoms with E-state index in [-0.39, 0.29) is 18.1 Å². The van der Waals surface area contributed by atoms with Crippen LogP contribution in [-0.2, 0) is 9.53 Å². The zero-order chi connectivity index (χ0) is 21.0. The van der Waals surface area contributed by atoms with Crippen molar-refractivity contribution in [3.63, 3.8) is 0 Å². The number of Topliss-reactive ketones (excluding diaryl/α,β-unsaturated/α-hetero) is 1. The minimum atomic E-state index is -0.730. The number of hydrogen-bond acceptors (Lipinski definition) is 4. The zero-order valence-electron chi connectivity index (χ0n) is 16.9. The number of ketones is 1. The summed E-state index contributed by atoms with van der Waals surface area (Å²) in [5, 5.41) is 0. The van der Waals surface area contributed by atoms with Crippen LogP contribution in [0.5, 0.6) is 0 Å². The van der Waals surface area contributed by atoms with Crippen LogP contribution in [0, 0.1) is 0 Å². The lowest BCUT2D eigenvalue weighted by molar-refractivity contribution is -0.125. The van der Waals surface area contributed by atoms with E-state index in [4.69, 9.17) is 4.74 Å². The van der Waals surface area contributed by atoms with Gasteiger partial charge in [-0.2, -0.15) is 0 Å². The number of nitrogens with zero attached hydrogens (tertiary/aromatic N) is 1. The molecule has 2 aromatic carbocycles. The Labute approximate surface area is 171 Å². The van der Waals surface area contributed by atoms with Crippen molar-refractivity contribution in [2.75, 3.05) is 0 Å². The maximum Gasteiger partial charge on any atom is 0.417 e. The number of imide groups is 1. The molecule has 1 aliphatic rings. The normalized spacial score (nSPS) is 17.3. The second-order valence-electron chi connectivity index (χ2n) is 8.05. The Morgan fingerprint density at radius 3 is 2.17 bits per heavy atom. The van der Waals surface area contributed by atoms with Crippen LogP contribution in [0.4, 0.5) is 4.79 Å². The fraction of sp³-hybridized carbons (Fsp3) is 0.292. The molecule has 1 aliphatic heterocycles. The molecule has 0 spiro atoms. The van der Waals surface area contributed by atoms with Crippen LogP contribution < -0.4 is 0 Å². The third-order valence-corrected chi connectivity index (χ3v) is 4.70. The van der Waals surface area contributed by atoms with Gasteiger partial charge in [0.2, 0.25) is 0 Å². The molecule has 5 nitrogen and oxygen atoms in total. The fourth-order valence-electron chi connectivity index (χ4n) is 3.41. The van der Waals surface area contributed by atoms with Crippen molar-refractivity contribution < 1.29 is 19.1 Å². The van der Waals surface area contributed by atoms with Gasteiger partial charge in [-0.1, -0.05) is 66.7 Å². The third kappa shape index (κ3) is 4.99. The van der Waals surface area contributed by atoms with Crippen molar-refractivity contribution in [2.24, 2.45) is 0 Å². The van der Waals surface area contributed by atoms with E-state index in [1.807, 2.05) is 48.5 Å². The van der Waals surface area contributed by atoms with Gasteiger partial charge in [0.1, 0.15) is 5.60 Å². The van der Waals surface area contributed by atoms with E-state index in [9.17, 15) is 14.4 Å². The van der Waals surface area contributed by atoms with Gasteiger partial charge in [0, 0.05) is 24.0 Å². The van der Waals surface area contributed by atoms with Crippen molar-refractivity contribution in [3.8, 4) is 0 Å². The Morgan fingerprint density at radius 1 is 1.00 bits per heavy atom. The Balaban J connectivity index is 1.93. The smallest absolute Gasteiger partial charge is 0.417 e. The summed E-state index contributed by atoms with van der Waals surface area (Å²) < 4.78 is 5.44. The van der Waals surface area contributed by atoms with Gasteiger partial charge >= 0.3 is 6.09 Å². The first kappa shape index (κ1) is 20.5. The summed E-state index contributed by atoms with van der Waals surface area (Å²) in [4.78, 5) is 39.2. The highest BCUT2D eigenvalue weighted by molar-refractivity contribution is 6.02. The quantitative estimate of drug-likeness (QED) is 0.690. The standard InChI is InChI=1S/C24H25NO4/c1-24(2,3)29-23(28)25-20(14-15-22(25)27)19(17-10-6-4-7-11-17)16-21(26)18-12-8-5-9-13-18/h4-15,19-20H,16H2,1-3H3. The average Bonchev–Trinajstić information content (AvgIpc) is 3.07. The van der Waals surface area contributed by atoms with Crippen LogP contribution in [-0.4, -0.2) is 34.3 Å². The molecule has 0 bridgehead atoms. The molecule has 2 atom stereocenters. The molecule has 0 saturated carbocycles. The number of rotatable bonds is 5. The predicted molar refractivity (Wildman–Crippen MR) is 111 cm³/mol. The lowest BCUT2D eigenvalue weighted by atomic mass is 9.85. The van der Waals surface area contributed by atoms with E-state index in [0.717, 1.165) is 10.5 Å². The second kappa shape index (κ2) is 8.43. The molecule has 2 unspecified atom stereocenters. The lowest BCUT2D eigenvalue weighted by Gasteiger charge is -2.32.